The highest BCUT2D eigenvalue weighted by Gasteiger charge is 2.32. The lowest BCUT2D eigenvalue weighted by Crippen LogP contribution is -2.43. The standard InChI is InChI=1S/C19H20BrN/c20-17-6-3-5-13(9-17)15-10-18(11-15)21-12-16-8-14-4-1-2-7-19(14)16/h1-7,9,15-16,18,21H,8,10-12H2. The maximum Gasteiger partial charge on any atom is 0.0178 e. The Labute approximate surface area is 134 Å². The highest BCUT2D eigenvalue weighted by molar-refractivity contribution is 9.10. The van der Waals surface area contributed by atoms with Gasteiger partial charge >= 0.3 is 0 Å². The number of rotatable bonds is 4. The van der Waals surface area contributed by atoms with Gasteiger partial charge in [-0.15, -0.1) is 0 Å². The summed E-state index contributed by atoms with van der Waals surface area (Å²) in [6, 6.07) is 18.3. The van der Waals surface area contributed by atoms with Gasteiger partial charge in [-0.05, 0) is 54.0 Å². The lowest BCUT2D eigenvalue weighted by molar-refractivity contribution is 0.283. The van der Waals surface area contributed by atoms with Crippen LogP contribution >= 0.6 is 15.9 Å². The van der Waals surface area contributed by atoms with E-state index in [9.17, 15) is 0 Å². The van der Waals surface area contributed by atoms with E-state index in [0.717, 1.165) is 18.4 Å². The van der Waals surface area contributed by atoms with E-state index in [2.05, 4.69) is 69.8 Å². The molecule has 1 N–H and O–H groups in total. The Bertz CT molecular complexity index is 646. The van der Waals surface area contributed by atoms with Gasteiger partial charge in [0.25, 0.3) is 0 Å². The van der Waals surface area contributed by atoms with Crippen LogP contribution in [0.15, 0.2) is 53.0 Å². The number of benzene rings is 2. The second-order valence-corrected chi connectivity index (χ2v) is 7.34. The third-order valence-electron chi connectivity index (χ3n) is 5.07. The molecule has 4 rings (SSSR count). The van der Waals surface area contributed by atoms with Gasteiger partial charge in [-0.25, -0.2) is 0 Å². The number of nitrogens with one attached hydrogen (secondary N) is 1. The summed E-state index contributed by atoms with van der Waals surface area (Å²) in [5.74, 6) is 1.49. The fourth-order valence-electron chi connectivity index (χ4n) is 3.67. The van der Waals surface area contributed by atoms with E-state index in [1.165, 1.54) is 29.3 Å². The summed E-state index contributed by atoms with van der Waals surface area (Å²) in [6.45, 7) is 1.15. The van der Waals surface area contributed by atoms with Crippen molar-refractivity contribution < 1.29 is 0 Å². The molecule has 1 unspecified atom stereocenters. The summed E-state index contributed by atoms with van der Waals surface area (Å²) >= 11 is 3.57. The van der Waals surface area contributed by atoms with Gasteiger partial charge in [-0.1, -0.05) is 52.3 Å². The monoisotopic (exact) mass is 341 g/mol. The Balaban J connectivity index is 1.26. The van der Waals surface area contributed by atoms with Crippen LogP contribution in [0, 0.1) is 0 Å². The van der Waals surface area contributed by atoms with E-state index in [-0.39, 0.29) is 0 Å². The molecule has 0 saturated heterocycles. The first-order valence-corrected chi connectivity index (χ1v) is 8.65. The Hall–Kier alpha value is -1.12. The zero-order valence-electron chi connectivity index (χ0n) is 12.1. The smallest absolute Gasteiger partial charge is 0.0178 e. The fraction of sp³-hybridized carbons (Fsp3) is 0.368. The minimum atomic E-state index is 0.710. The van der Waals surface area contributed by atoms with Crippen LogP contribution < -0.4 is 5.32 Å². The number of fused-ring (bicyclic) bond motifs is 1. The van der Waals surface area contributed by atoms with Gasteiger partial charge in [0, 0.05) is 23.0 Å². The third-order valence-corrected chi connectivity index (χ3v) is 5.57. The maximum atomic E-state index is 3.76. The van der Waals surface area contributed by atoms with Crippen molar-refractivity contribution in [1.82, 2.24) is 5.32 Å². The summed E-state index contributed by atoms with van der Waals surface area (Å²) in [4.78, 5) is 0. The van der Waals surface area contributed by atoms with E-state index in [1.807, 2.05) is 0 Å². The topological polar surface area (TPSA) is 12.0 Å². The largest absolute Gasteiger partial charge is 0.313 e. The van der Waals surface area contributed by atoms with Crippen LogP contribution in [0.25, 0.3) is 0 Å². The predicted octanol–water partition coefficient (Wildman–Crippen LogP) is 4.62. The molecule has 0 aromatic heterocycles. The van der Waals surface area contributed by atoms with Gasteiger partial charge in [-0.3, -0.25) is 0 Å². The summed E-state index contributed by atoms with van der Waals surface area (Å²) in [5.41, 5.74) is 4.59. The number of halogens is 1. The van der Waals surface area contributed by atoms with Crippen molar-refractivity contribution >= 4 is 15.9 Å². The molecule has 0 bridgehead atoms. The second kappa shape index (κ2) is 5.58. The Morgan fingerprint density at radius 2 is 1.90 bits per heavy atom. The molecule has 2 aliphatic rings. The molecule has 1 atom stereocenters. The first-order valence-electron chi connectivity index (χ1n) is 7.86. The van der Waals surface area contributed by atoms with Gasteiger partial charge in [-0.2, -0.15) is 0 Å². The average molecular weight is 342 g/mol. The van der Waals surface area contributed by atoms with Crippen LogP contribution in [-0.4, -0.2) is 12.6 Å². The van der Waals surface area contributed by atoms with E-state index >= 15 is 0 Å². The fourth-order valence-corrected chi connectivity index (χ4v) is 4.09. The first kappa shape index (κ1) is 13.5. The lowest BCUT2D eigenvalue weighted by Gasteiger charge is -2.39. The molecule has 0 heterocycles. The van der Waals surface area contributed by atoms with Crippen LogP contribution in [0.4, 0.5) is 0 Å². The minimum Gasteiger partial charge on any atom is -0.313 e. The Morgan fingerprint density at radius 1 is 1.05 bits per heavy atom. The van der Waals surface area contributed by atoms with Gasteiger partial charge in [0.05, 0.1) is 0 Å². The molecule has 2 aromatic carbocycles. The highest BCUT2D eigenvalue weighted by atomic mass is 79.9. The summed E-state index contributed by atoms with van der Waals surface area (Å²) in [7, 11) is 0. The van der Waals surface area contributed by atoms with Crippen molar-refractivity contribution in [2.24, 2.45) is 0 Å². The second-order valence-electron chi connectivity index (χ2n) is 6.43. The van der Waals surface area contributed by atoms with Crippen molar-refractivity contribution in [3.63, 3.8) is 0 Å². The van der Waals surface area contributed by atoms with Gasteiger partial charge < -0.3 is 5.32 Å². The average Bonchev–Trinajstić information content (AvgIpc) is 2.41. The van der Waals surface area contributed by atoms with Crippen molar-refractivity contribution in [1.29, 1.82) is 0 Å². The third kappa shape index (κ3) is 2.67. The maximum absolute atomic E-state index is 3.76. The van der Waals surface area contributed by atoms with Gasteiger partial charge in [0.15, 0.2) is 0 Å². The molecule has 108 valence electrons. The minimum absolute atomic E-state index is 0.710. The molecule has 2 heteroatoms. The summed E-state index contributed by atoms with van der Waals surface area (Å²) in [6.07, 6.45) is 3.82. The molecule has 1 nitrogen and oxygen atoms in total. The van der Waals surface area contributed by atoms with Crippen LogP contribution in [0.3, 0.4) is 0 Å². The Morgan fingerprint density at radius 3 is 2.71 bits per heavy atom. The van der Waals surface area contributed by atoms with Crippen LogP contribution in [0.2, 0.25) is 0 Å². The zero-order valence-corrected chi connectivity index (χ0v) is 13.6. The molecule has 0 spiro atoms. The molecular formula is C19H20BrN. The lowest BCUT2D eigenvalue weighted by atomic mass is 9.74. The molecule has 2 aromatic rings. The van der Waals surface area contributed by atoms with Crippen LogP contribution in [0.5, 0.6) is 0 Å². The molecule has 0 amide bonds. The van der Waals surface area contributed by atoms with E-state index < -0.39 is 0 Å². The number of hydrogen-bond donors (Lipinski definition) is 1. The van der Waals surface area contributed by atoms with Crippen molar-refractivity contribution in [2.45, 2.75) is 37.1 Å². The van der Waals surface area contributed by atoms with Crippen molar-refractivity contribution in [3.05, 3.63) is 69.7 Å². The molecule has 2 aliphatic carbocycles. The molecule has 1 fully saturated rings. The summed E-state index contributed by atoms with van der Waals surface area (Å²) < 4.78 is 1.20. The van der Waals surface area contributed by atoms with E-state index in [0.29, 0.717) is 6.04 Å². The molecular weight excluding hydrogens is 322 g/mol. The Kier molecular flexibility index (Phi) is 3.60. The van der Waals surface area contributed by atoms with Gasteiger partial charge in [0.2, 0.25) is 0 Å². The predicted molar refractivity (Wildman–Crippen MR) is 90.8 cm³/mol. The molecule has 0 radical (unpaired) electrons. The van der Waals surface area contributed by atoms with E-state index in [1.54, 1.807) is 11.1 Å². The zero-order chi connectivity index (χ0) is 14.2. The van der Waals surface area contributed by atoms with Gasteiger partial charge in [0.1, 0.15) is 0 Å². The van der Waals surface area contributed by atoms with Crippen molar-refractivity contribution in [2.75, 3.05) is 6.54 Å². The van der Waals surface area contributed by atoms with Crippen molar-refractivity contribution in [3.8, 4) is 0 Å². The molecule has 21 heavy (non-hydrogen) atoms. The number of hydrogen-bond acceptors (Lipinski definition) is 1. The highest BCUT2D eigenvalue weighted by Crippen LogP contribution is 2.39. The normalized spacial score (nSPS) is 26.6. The van der Waals surface area contributed by atoms with E-state index in [4.69, 9.17) is 0 Å². The first-order chi connectivity index (χ1) is 10.3. The molecule has 0 aliphatic heterocycles. The quantitative estimate of drug-likeness (QED) is 0.855. The summed E-state index contributed by atoms with van der Waals surface area (Å²) in [5, 5.41) is 3.76. The SMILES string of the molecule is Brc1cccc(C2CC(NCC3Cc4ccccc43)C2)c1. The van der Waals surface area contributed by atoms with Crippen LogP contribution in [0.1, 0.15) is 41.4 Å². The molecule has 1 saturated carbocycles. The van der Waals surface area contributed by atoms with Crippen LogP contribution in [-0.2, 0) is 6.42 Å².